The number of carbonyl (C=O) groups is 1. The molecule has 0 radical (unpaired) electrons. The molecule has 1 aromatic rings. The number of pyridine rings is 1. The third-order valence-electron chi connectivity index (χ3n) is 3.80. The summed E-state index contributed by atoms with van der Waals surface area (Å²) in [6.07, 6.45) is 3.09. The number of amides is 1. The van der Waals surface area contributed by atoms with Gasteiger partial charge < -0.3 is 10.6 Å². The summed E-state index contributed by atoms with van der Waals surface area (Å²) in [6, 6.07) is 1.52. The number of aromatic nitrogens is 1. The van der Waals surface area contributed by atoms with Crippen LogP contribution in [0.4, 0.5) is 5.69 Å². The monoisotopic (exact) mass is 315 g/mol. The lowest BCUT2D eigenvalue weighted by atomic mass is 9.90. The maximum absolute atomic E-state index is 12.3. The van der Waals surface area contributed by atoms with Crippen molar-refractivity contribution in [2.75, 3.05) is 11.9 Å². The predicted octanol–water partition coefficient (Wildman–Crippen LogP) is 3.41. The minimum Gasteiger partial charge on any atom is -0.322 e. The number of aryl methyl sites for hydroxylation is 1. The first kappa shape index (κ1) is 15.5. The van der Waals surface area contributed by atoms with E-state index in [2.05, 4.69) is 22.5 Å². The third-order valence-corrected chi connectivity index (χ3v) is 4.26. The lowest BCUT2D eigenvalue weighted by molar-refractivity contribution is -0.119. The van der Waals surface area contributed by atoms with E-state index in [1.807, 2.05) is 6.92 Å². The molecule has 0 aromatic carbocycles. The molecule has 1 aliphatic heterocycles. The number of hydrogen-bond donors (Lipinski definition) is 2. The number of carbonyl (C=O) groups excluding carboxylic acids is 1. The summed E-state index contributed by atoms with van der Waals surface area (Å²) in [5.74, 6) is 0.546. The van der Waals surface area contributed by atoms with Gasteiger partial charge in [0.1, 0.15) is 5.15 Å². The Morgan fingerprint density at radius 3 is 2.95 bits per heavy atom. The van der Waals surface area contributed by atoms with Gasteiger partial charge in [-0.2, -0.15) is 0 Å². The highest BCUT2D eigenvalue weighted by Crippen LogP contribution is 2.27. The Hall–Kier alpha value is -0.840. The number of halogens is 2. The molecule has 1 amide bonds. The first-order valence-corrected chi connectivity index (χ1v) is 7.63. The zero-order valence-electron chi connectivity index (χ0n) is 11.7. The van der Waals surface area contributed by atoms with E-state index in [1.165, 1.54) is 0 Å². The second-order valence-corrected chi connectivity index (χ2v) is 5.97. The number of hydrogen-bond acceptors (Lipinski definition) is 3. The molecule has 0 bridgehead atoms. The van der Waals surface area contributed by atoms with Gasteiger partial charge in [0.25, 0.3) is 0 Å². The van der Waals surface area contributed by atoms with Crippen molar-refractivity contribution in [3.05, 3.63) is 21.9 Å². The Bertz CT molecular complexity index is 484. The van der Waals surface area contributed by atoms with Gasteiger partial charge in [-0.3, -0.25) is 4.79 Å². The molecule has 0 aliphatic carbocycles. The molecule has 0 saturated carbocycles. The molecule has 2 N–H and O–H groups in total. The molecule has 4 nitrogen and oxygen atoms in total. The van der Waals surface area contributed by atoms with Gasteiger partial charge >= 0.3 is 0 Å². The van der Waals surface area contributed by atoms with Crippen LogP contribution in [0.1, 0.15) is 31.7 Å². The lowest BCUT2D eigenvalue weighted by Crippen LogP contribution is -2.46. The van der Waals surface area contributed by atoms with Gasteiger partial charge in [-0.05, 0) is 43.9 Å². The van der Waals surface area contributed by atoms with Crippen molar-refractivity contribution >= 4 is 34.8 Å². The molecule has 2 unspecified atom stereocenters. The number of anilines is 1. The number of piperidine rings is 1. The zero-order valence-corrected chi connectivity index (χ0v) is 13.2. The van der Waals surface area contributed by atoms with Crippen LogP contribution in [0.2, 0.25) is 10.3 Å². The normalized spacial score (nSPS) is 22.6. The molecule has 2 heterocycles. The van der Waals surface area contributed by atoms with E-state index in [4.69, 9.17) is 23.2 Å². The van der Waals surface area contributed by atoms with Crippen molar-refractivity contribution in [3.63, 3.8) is 0 Å². The standard InChI is InChI=1S/C14H19Cl2N3O/c1-3-9-4-5-17-10(7-9)14(20)19-12-8(2)6-11(15)18-13(12)16/h6,9-10,17H,3-5,7H2,1-2H3,(H,19,20). The molecule has 1 aliphatic rings. The van der Waals surface area contributed by atoms with E-state index in [0.717, 1.165) is 31.4 Å². The molecule has 0 spiro atoms. The summed E-state index contributed by atoms with van der Waals surface area (Å²) in [5, 5.41) is 6.67. The summed E-state index contributed by atoms with van der Waals surface area (Å²) in [6.45, 7) is 4.88. The van der Waals surface area contributed by atoms with Gasteiger partial charge in [0.2, 0.25) is 5.91 Å². The van der Waals surface area contributed by atoms with Crippen LogP contribution in [0.15, 0.2) is 6.07 Å². The van der Waals surface area contributed by atoms with Gasteiger partial charge in [-0.1, -0.05) is 36.5 Å². The van der Waals surface area contributed by atoms with Crippen LogP contribution in [0.5, 0.6) is 0 Å². The molecule has 2 atom stereocenters. The summed E-state index contributed by atoms with van der Waals surface area (Å²) in [4.78, 5) is 16.3. The quantitative estimate of drug-likeness (QED) is 0.840. The van der Waals surface area contributed by atoms with Crippen molar-refractivity contribution in [1.82, 2.24) is 10.3 Å². The highest BCUT2D eigenvalue weighted by atomic mass is 35.5. The van der Waals surface area contributed by atoms with Crippen LogP contribution in [-0.4, -0.2) is 23.5 Å². The molecule has 20 heavy (non-hydrogen) atoms. The SMILES string of the molecule is CCC1CCNC(C(=O)Nc2c(C)cc(Cl)nc2Cl)C1. The molecule has 110 valence electrons. The maximum Gasteiger partial charge on any atom is 0.241 e. The van der Waals surface area contributed by atoms with Crippen LogP contribution in [0.3, 0.4) is 0 Å². The Morgan fingerprint density at radius 1 is 1.55 bits per heavy atom. The van der Waals surface area contributed by atoms with Crippen molar-refractivity contribution in [2.24, 2.45) is 5.92 Å². The first-order chi connectivity index (χ1) is 9.51. The van der Waals surface area contributed by atoms with Crippen molar-refractivity contribution < 1.29 is 4.79 Å². The lowest BCUT2D eigenvalue weighted by Gasteiger charge is -2.29. The first-order valence-electron chi connectivity index (χ1n) is 6.88. The van der Waals surface area contributed by atoms with Gasteiger partial charge in [0.05, 0.1) is 11.7 Å². The van der Waals surface area contributed by atoms with Crippen LogP contribution in [0.25, 0.3) is 0 Å². The summed E-state index contributed by atoms with van der Waals surface area (Å²) in [5.41, 5.74) is 1.35. The highest BCUT2D eigenvalue weighted by Gasteiger charge is 2.26. The number of nitrogens with one attached hydrogen (secondary N) is 2. The largest absolute Gasteiger partial charge is 0.322 e. The van der Waals surface area contributed by atoms with E-state index in [9.17, 15) is 4.79 Å². The average Bonchev–Trinajstić information content (AvgIpc) is 2.42. The van der Waals surface area contributed by atoms with Crippen molar-refractivity contribution in [2.45, 2.75) is 39.2 Å². The zero-order chi connectivity index (χ0) is 14.7. The van der Waals surface area contributed by atoms with Gasteiger partial charge in [-0.25, -0.2) is 4.98 Å². The maximum atomic E-state index is 12.3. The Labute approximate surface area is 129 Å². The number of rotatable bonds is 3. The van der Waals surface area contributed by atoms with E-state index < -0.39 is 0 Å². The van der Waals surface area contributed by atoms with Crippen LogP contribution < -0.4 is 10.6 Å². The number of nitrogens with zero attached hydrogens (tertiary/aromatic N) is 1. The minimum absolute atomic E-state index is 0.0581. The molecule has 6 heteroatoms. The molecule has 1 fully saturated rings. The van der Waals surface area contributed by atoms with Crippen molar-refractivity contribution in [1.29, 1.82) is 0 Å². The van der Waals surface area contributed by atoms with Gasteiger partial charge in [0, 0.05) is 0 Å². The Morgan fingerprint density at radius 2 is 2.30 bits per heavy atom. The van der Waals surface area contributed by atoms with E-state index in [-0.39, 0.29) is 17.1 Å². The fraction of sp³-hybridized carbons (Fsp3) is 0.571. The average molecular weight is 316 g/mol. The Balaban J connectivity index is 2.08. The second-order valence-electron chi connectivity index (χ2n) is 5.22. The predicted molar refractivity (Wildman–Crippen MR) is 82.4 cm³/mol. The highest BCUT2D eigenvalue weighted by molar-refractivity contribution is 6.34. The fourth-order valence-electron chi connectivity index (χ4n) is 2.52. The van der Waals surface area contributed by atoms with Gasteiger partial charge in [-0.15, -0.1) is 0 Å². The summed E-state index contributed by atoms with van der Waals surface area (Å²) >= 11 is 11.9. The van der Waals surface area contributed by atoms with Crippen molar-refractivity contribution in [3.8, 4) is 0 Å². The third kappa shape index (κ3) is 3.62. The van der Waals surface area contributed by atoms with Crippen LogP contribution in [-0.2, 0) is 4.79 Å². The van der Waals surface area contributed by atoms with E-state index in [1.54, 1.807) is 6.07 Å². The smallest absolute Gasteiger partial charge is 0.241 e. The van der Waals surface area contributed by atoms with E-state index in [0.29, 0.717) is 16.8 Å². The summed E-state index contributed by atoms with van der Waals surface area (Å²) in [7, 11) is 0. The fourth-order valence-corrected chi connectivity index (χ4v) is 3.10. The van der Waals surface area contributed by atoms with Crippen LogP contribution in [0, 0.1) is 12.8 Å². The topological polar surface area (TPSA) is 54.0 Å². The van der Waals surface area contributed by atoms with Crippen LogP contribution >= 0.6 is 23.2 Å². The second kappa shape index (κ2) is 6.74. The molecular formula is C14H19Cl2N3O. The molecule has 1 saturated heterocycles. The minimum atomic E-state index is -0.167. The summed E-state index contributed by atoms with van der Waals surface area (Å²) < 4.78 is 0. The van der Waals surface area contributed by atoms with E-state index >= 15 is 0 Å². The molecular weight excluding hydrogens is 297 g/mol. The Kier molecular flexibility index (Phi) is 5.24. The molecule has 1 aromatic heterocycles. The molecule has 2 rings (SSSR count). The van der Waals surface area contributed by atoms with Gasteiger partial charge in [0.15, 0.2) is 5.15 Å².